The molecule has 2 heterocycles. The molecule has 1 aliphatic heterocycles. The van der Waals surface area contributed by atoms with Crippen LogP contribution in [0.25, 0.3) is 22.0 Å². The predicted octanol–water partition coefficient (Wildman–Crippen LogP) is 8.86. The first-order chi connectivity index (χ1) is 27.7. The van der Waals surface area contributed by atoms with Crippen molar-refractivity contribution in [2.75, 3.05) is 46.9 Å². The molecule has 0 aliphatic carbocycles. The van der Waals surface area contributed by atoms with Gasteiger partial charge >= 0.3 is 0 Å². The molecule has 1 aromatic heterocycles. The Morgan fingerprint density at radius 3 is 2.42 bits per heavy atom. The largest absolute Gasteiger partial charge is 0.376 e. The van der Waals surface area contributed by atoms with Gasteiger partial charge < -0.3 is 10.2 Å². The average molecular weight is 819 g/mol. The highest BCUT2D eigenvalue weighted by molar-refractivity contribution is 7.99. The number of nitro groups is 1. The minimum Gasteiger partial charge on any atom is -0.376 e. The Hall–Kier alpha value is -5.72. The van der Waals surface area contributed by atoms with E-state index in [0.717, 1.165) is 54.9 Å². The molecule has 0 radical (unpaired) electrons. The summed E-state index contributed by atoms with van der Waals surface area (Å²) in [5.41, 5.74) is 4.86. The molecule has 1 aliphatic rings. The Morgan fingerprint density at radius 1 is 0.912 bits per heavy atom. The monoisotopic (exact) mass is 818 g/mol. The topological polar surface area (TPSA) is 157 Å². The Kier molecular flexibility index (Phi) is 12.5. The van der Waals surface area contributed by atoms with E-state index in [1.807, 2.05) is 66.7 Å². The molecule has 0 saturated carbocycles. The van der Waals surface area contributed by atoms with Crippen LogP contribution in [0.2, 0.25) is 5.02 Å². The fourth-order valence-electron chi connectivity index (χ4n) is 6.81. The summed E-state index contributed by atoms with van der Waals surface area (Å²) >= 11 is 7.70. The number of anilines is 3. The second kappa shape index (κ2) is 18.0. The normalized spacial score (nSPS) is 13.9. The van der Waals surface area contributed by atoms with Gasteiger partial charge in [-0.1, -0.05) is 66.2 Å². The first kappa shape index (κ1) is 39.5. The Bertz CT molecular complexity index is 2510. The third-order valence-electron chi connectivity index (χ3n) is 9.79. The van der Waals surface area contributed by atoms with Gasteiger partial charge in [0.15, 0.2) is 5.82 Å². The summed E-state index contributed by atoms with van der Waals surface area (Å²) in [5.74, 6) is 0.611. The van der Waals surface area contributed by atoms with Gasteiger partial charge in [0.25, 0.3) is 15.7 Å². The maximum atomic E-state index is 13.7. The van der Waals surface area contributed by atoms with E-state index < -0.39 is 20.6 Å². The molecular formula is C42H39ClN8O4S2. The van der Waals surface area contributed by atoms with Gasteiger partial charge in [-0.3, -0.25) is 19.7 Å². The van der Waals surface area contributed by atoms with Crippen LogP contribution >= 0.6 is 23.4 Å². The standard InChI is InChI=1S/C42H39ClN8O4S2/c43-32-14-12-30(13-15-32)37-11-5-4-7-31(37)27-49-21-23-50(24-22-49)34-16-18-38-40(25-34)45-29-46-42(38)48-57(54,55)36-17-19-39(41(26-36)51(52)53)47-33(8-6-20-44)28-56-35-9-2-1-3-10-35/h1-5,7,9-19,25-26,29,33,47H,6,8,21-24,27-28H2,(H,45,46,48). The van der Waals surface area contributed by atoms with E-state index in [-0.39, 0.29) is 28.9 Å². The number of rotatable bonds is 15. The van der Waals surface area contributed by atoms with Gasteiger partial charge in [-0.15, -0.1) is 11.8 Å². The van der Waals surface area contributed by atoms with Crippen LogP contribution in [0.5, 0.6) is 0 Å². The molecule has 57 heavy (non-hydrogen) atoms. The highest BCUT2D eigenvalue weighted by atomic mass is 35.5. The van der Waals surface area contributed by atoms with Crippen molar-refractivity contribution >= 4 is 67.2 Å². The molecule has 6 aromatic rings. The Balaban J connectivity index is 1.02. The third kappa shape index (κ3) is 9.81. The summed E-state index contributed by atoms with van der Waals surface area (Å²) in [4.78, 5) is 25.7. The number of nitrogens with zero attached hydrogens (tertiary/aromatic N) is 6. The van der Waals surface area contributed by atoms with Crippen LogP contribution in [0, 0.1) is 21.4 Å². The summed E-state index contributed by atoms with van der Waals surface area (Å²) in [6.07, 6.45) is 2.00. The van der Waals surface area contributed by atoms with Crippen LogP contribution in [0.4, 0.5) is 22.9 Å². The van der Waals surface area contributed by atoms with Crippen LogP contribution in [0.15, 0.2) is 131 Å². The number of nitriles is 1. The minimum absolute atomic E-state index is 0.0649. The van der Waals surface area contributed by atoms with Crippen molar-refractivity contribution in [2.24, 2.45) is 0 Å². The molecule has 1 unspecified atom stereocenters. The number of hydrogen-bond acceptors (Lipinski definition) is 11. The van der Waals surface area contributed by atoms with Crippen molar-refractivity contribution < 1.29 is 13.3 Å². The number of hydrogen-bond donors (Lipinski definition) is 2. The lowest BCUT2D eigenvalue weighted by Gasteiger charge is -2.36. The molecule has 5 aromatic carbocycles. The minimum atomic E-state index is -4.29. The number of nitro benzene ring substituents is 1. The first-order valence-corrected chi connectivity index (χ1v) is 21.2. The average Bonchev–Trinajstić information content (AvgIpc) is 3.23. The van der Waals surface area contributed by atoms with E-state index in [9.17, 15) is 23.8 Å². The van der Waals surface area contributed by atoms with Crippen molar-refractivity contribution in [3.63, 3.8) is 0 Å². The number of halogens is 1. The number of fused-ring (bicyclic) bond motifs is 1. The van der Waals surface area contributed by atoms with Crippen LogP contribution < -0.4 is 14.9 Å². The van der Waals surface area contributed by atoms with Crippen LogP contribution in [-0.4, -0.2) is 66.2 Å². The second-order valence-electron chi connectivity index (χ2n) is 13.6. The highest BCUT2D eigenvalue weighted by Gasteiger charge is 2.25. The van der Waals surface area contributed by atoms with E-state index in [0.29, 0.717) is 28.1 Å². The number of nitrogens with one attached hydrogen (secondary N) is 2. The predicted molar refractivity (Wildman–Crippen MR) is 227 cm³/mol. The zero-order valence-corrected chi connectivity index (χ0v) is 33.2. The van der Waals surface area contributed by atoms with Crippen molar-refractivity contribution in [3.05, 3.63) is 142 Å². The summed E-state index contributed by atoms with van der Waals surface area (Å²) in [6, 6.07) is 37.3. The molecule has 290 valence electrons. The number of benzene rings is 5. The molecule has 12 nitrogen and oxygen atoms in total. The number of aromatic nitrogens is 2. The molecule has 7 rings (SSSR count). The van der Waals surface area contributed by atoms with Gasteiger partial charge in [-0.05, 0) is 77.7 Å². The lowest BCUT2D eigenvalue weighted by molar-refractivity contribution is -0.384. The molecule has 0 amide bonds. The van der Waals surface area contributed by atoms with E-state index in [1.54, 1.807) is 17.8 Å². The van der Waals surface area contributed by atoms with Gasteiger partial charge in [-0.2, -0.15) is 5.26 Å². The number of thioether (sulfide) groups is 1. The first-order valence-electron chi connectivity index (χ1n) is 18.4. The molecule has 0 spiro atoms. The van der Waals surface area contributed by atoms with Crippen LogP contribution in [0.3, 0.4) is 0 Å². The molecule has 1 atom stereocenters. The van der Waals surface area contributed by atoms with E-state index in [4.69, 9.17) is 11.6 Å². The highest BCUT2D eigenvalue weighted by Crippen LogP contribution is 2.33. The van der Waals surface area contributed by atoms with Gasteiger partial charge in [0.05, 0.1) is 21.4 Å². The molecule has 1 fully saturated rings. The van der Waals surface area contributed by atoms with Gasteiger partial charge in [0.2, 0.25) is 0 Å². The maximum Gasteiger partial charge on any atom is 0.293 e. The van der Waals surface area contributed by atoms with Gasteiger partial charge in [-0.25, -0.2) is 18.4 Å². The molecular weight excluding hydrogens is 780 g/mol. The lowest BCUT2D eigenvalue weighted by atomic mass is 9.99. The molecule has 1 saturated heterocycles. The molecule has 0 bridgehead atoms. The zero-order valence-electron chi connectivity index (χ0n) is 30.8. The van der Waals surface area contributed by atoms with Crippen LogP contribution in [0.1, 0.15) is 18.4 Å². The summed E-state index contributed by atoms with van der Waals surface area (Å²) in [7, 11) is -4.29. The third-order valence-corrected chi connectivity index (χ3v) is 12.6. The summed E-state index contributed by atoms with van der Waals surface area (Å²) in [5, 5.41) is 25.8. The van der Waals surface area contributed by atoms with E-state index in [1.165, 1.54) is 29.6 Å². The maximum absolute atomic E-state index is 13.7. The van der Waals surface area contributed by atoms with Crippen LogP contribution in [-0.2, 0) is 16.6 Å². The van der Waals surface area contributed by atoms with Crippen molar-refractivity contribution in [1.29, 1.82) is 5.26 Å². The zero-order chi connectivity index (χ0) is 39.8. The number of piperazine rings is 1. The van der Waals surface area contributed by atoms with Crippen molar-refractivity contribution in [1.82, 2.24) is 14.9 Å². The quantitative estimate of drug-likeness (QED) is 0.0580. The summed E-state index contributed by atoms with van der Waals surface area (Å²) in [6.45, 7) is 4.13. The van der Waals surface area contributed by atoms with Gasteiger partial charge in [0.1, 0.15) is 12.0 Å². The second-order valence-corrected chi connectivity index (χ2v) is 16.8. The summed E-state index contributed by atoms with van der Waals surface area (Å²) < 4.78 is 29.9. The Morgan fingerprint density at radius 2 is 1.67 bits per heavy atom. The lowest BCUT2D eigenvalue weighted by Crippen LogP contribution is -2.46. The van der Waals surface area contributed by atoms with Crippen molar-refractivity contribution in [3.8, 4) is 17.2 Å². The molecule has 2 N–H and O–H groups in total. The SMILES string of the molecule is N#CCCC(CSc1ccccc1)Nc1ccc(S(=O)(=O)Nc2ncnc3cc(N4CCN(Cc5ccccc5-c5ccc(Cl)cc5)CC4)ccc23)cc1[N+](=O)[O-]. The van der Waals surface area contributed by atoms with E-state index in [2.05, 4.69) is 60.1 Å². The van der Waals surface area contributed by atoms with E-state index >= 15 is 0 Å². The van der Waals surface area contributed by atoms with Crippen molar-refractivity contribution in [2.45, 2.75) is 35.2 Å². The fraction of sp³-hybridized carbons (Fsp3) is 0.214. The smallest absolute Gasteiger partial charge is 0.293 e. The number of sulfonamides is 1. The fourth-order valence-corrected chi connectivity index (χ4v) is 8.97. The Labute approximate surface area is 340 Å². The van der Waals surface area contributed by atoms with Gasteiger partial charge in [0, 0.05) is 78.0 Å². The molecule has 15 heteroatoms.